The van der Waals surface area contributed by atoms with E-state index in [0.29, 0.717) is 23.7 Å². The highest BCUT2D eigenvalue weighted by Gasteiger charge is 2.21. The molecule has 2 heterocycles. The first-order valence-corrected chi connectivity index (χ1v) is 10.4. The van der Waals surface area contributed by atoms with E-state index in [-0.39, 0.29) is 24.1 Å². The van der Waals surface area contributed by atoms with Crippen LogP contribution in [0.25, 0.3) is 11.5 Å². The Balaban J connectivity index is 1.32. The highest BCUT2D eigenvalue weighted by atomic mass is 19.1. The molecule has 3 aromatic rings. The molecule has 1 N–H and O–H groups in total. The van der Waals surface area contributed by atoms with Crippen molar-refractivity contribution in [2.75, 3.05) is 13.1 Å². The average molecular weight is 421 g/mol. The molecule has 0 atom stereocenters. The number of piperidine rings is 1. The van der Waals surface area contributed by atoms with Crippen LogP contribution in [-0.4, -0.2) is 34.8 Å². The molecule has 1 aliphatic rings. The molecule has 1 aliphatic heterocycles. The molecule has 0 unspecified atom stereocenters. The predicted molar refractivity (Wildman–Crippen MR) is 114 cm³/mol. The largest absolute Gasteiger partial charge is 0.444 e. The molecule has 1 saturated heterocycles. The Labute approximate surface area is 180 Å². The number of nitrogens with one attached hydrogen (secondary N) is 1. The zero-order valence-corrected chi connectivity index (χ0v) is 17.1. The Hall–Kier alpha value is -3.48. The van der Waals surface area contributed by atoms with Gasteiger partial charge in [-0.3, -0.25) is 9.59 Å². The van der Waals surface area contributed by atoms with Crippen molar-refractivity contribution < 1.29 is 18.4 Å². The summed E-state index contributed by atoms with van der Waals surface area (Å²) >= 11 is 0. The maximum Gasteiger partial charge on any atom is 0.275 e. The van der Waals surface area contributed by atoms with Crippen molar-refractivity contribution in [1.29, 1.82) is 0 Å². The minimum absolute atomic E-state index is 0.0904. The number of benzene rings is 2. The molecule has 4 rings (SSSR count). The van der Waals surface area contributed by atoms with E-state index >= 15 is 0 Å². The number of likely N-dealkylation sites (tertiary alicyclic amines) is 1. The molecule has 160 valence electrons. The van der Waals surface area contributed by atoms with Crippen LogP contribution in [0.2, 0.25) is 0 Å². The van der Waals surface area contributed by atoms with Crippen LogP contribution in [0.5, 0.6) is 0 Å². The number of nitrogens with zero attached hydrogens (tertiary/aromatic N) is 2. The molecule has 7 heteroatoms. The molecule has 2 amide bonds. The third-order valence-electron chi connectivity index (χ3n) is 5.31. The summed E-state index contributed by atoms with van der Waals surface area (Å²) in [5.74, 6) is -0.231. The molecule has 0 aliphatic carbocycles. The van der Waals surface area contributed by atoms with Crippen molar-refractivity contribution in [2.24, 2.45) is 0 Å². The summed E-state index contributed by atoms with van der Waals surface area (Å²) in [6.45, 7) is 1.89. The molecular formula is C24H24FN3O3. The maximum atomic E-state index is 13.2. The first-order chi connectivity index (χ1) is 15.1. The average Bonchev–Trinajstić information content (AvgIpc) is 3.28. The van der Waals surface area contributed by atoms with Crippen LogP contribution in [0.15, 0.2) is 59.2 Å². The minimum Gasteiger partial charge on any atom is -0.444 e. The van der Waals surface area contributed by atoms with Gasteiger partial charge >= 0.3 is 0 Å². The Bertz CT molecular complexity index is 1060. The molecule has 0 radical (unpaired) electrons. The van der Waals surface area contributed by atoms with E-state index in [9.17, 15) is 14.0 Å². The Morgan fingerprint density at radius 3 is 2.55 bits per heavy atom. The fourth-order valence-electron chi connectivity index (χ4n) is 3.62. The topological polar surface area (TPSA) is 75.4 Å². The second-order valence-electron chi connectivity index (χ2n) is 7.67. The number of halogens is 1. The lowest BCUT2D eigenvalue weighted by atomic mass is 10.1. The summed E-state index contributed by atoms with van der Waals surface area (Å²) in [6, 6.07) is 13.4. The third kappa shape index (κ3) is 5.36. The SMILES string of the molecule is O=C(Cc1cccc(F)c1)NCc1ccc(-c2nc(C(=O)N3CCCCC3)co2)cc1. The second-order valence-corrected chi connectivity index (χ2v) is 7.67. The number of carbonyl (C=O) groups excluding carboxylic acids is 2. The van der Waals surface area contributed by atoms with Gasteiger partial charge in [0, 0.05) is 25.2 Å². The van der Waals surface area contributed by atoms with Crippen molar-refractivity contribution in [3.8, 4) is 11.5 Å². The van der Waals surface area contributed by atoms with Crippen molar-refractivity contribution in [3.63, 3.8) is 0 Å². The molecular weight excluding hydrogens is 397 g/mol. The summed E-state index contributed by atoms with van der Waals surface area (Å²) in [4.78, 5) is 30.8. The van der Waals surface area contributed by atoms with Gasteiger partial charge in [0.2, 0.25) is 11.8 Å². The van der Waals surface area contributed by atoms with E-state index < -0.39 is 0 Å². The quantitative estimate of drug-likeness (QED) is 0.654. The van der Waals surface area contributed by atoms with Crippen LogP contribution in [0, 0.1) is 5.82 Å². The Kier molecular flexibility index (Phi) is 6.40. The van der Waals surface area contributed by atoms with Gasteiger partial charge in [0.15, 0.2) is 5.69 Å². The zero-order valence-electron chi connectivity index (χ0n) is 17.1. The summed E-state index contributed by atoms with van der Waals surface area (Å²) in [5.41, 5.74) is 2.62. The first kappa shape index (κ1) is 20.8. The lowest BCUT2D eigenvalue weighted by Crippen LogP contribution is -2.35. The lowest BCUT2D eigenvalue weighted by Gasteiger charge is -2.25. The summed E-state index contributed by atoms with van der Waals surface area (Å²) in [6.07, 6.45) is 4.74. The van der Waals surface area contributed by atoms with Gasteiger partial charge in [0.1, 0.15) is 12.1 Å². The van der Waals surface area contributed by atoms with E-state index in [0.717, 1.165) is 43.5 Å². The van der Waals surface area contributed by atoms with Gasteiger partial charge in [-0.15, -0.1) is 0 Å². The van der Waals surface area contributed by atoms with Gasteiger partial charge in [0.25, 0.3) is 5.91 Å². The molecule has 2 aromatic carbocycles. The summed E-state index contributed by atoms with van der Waals surface area (Å²) < 4.78 is 18.7. The molecule has 6 nitrogen and oxygen atoms in total. The van der Waals surface area contributed by atoms with Gasteiger partial charge in [0.05, 0.1) is 6.42 Å². The zero-order chi connectivity index (χ0) is 21.6. The monoisotopic (exact) mass is 421 g/mol. The first-order valence-electron chi connectivity index (χ1n) is 10.4. The number of rotatable bonds is 6. The normalized spacial score (nSPS) is 13.8. The molecule has 0 spiro atoms. The number of carbonyl (C=O) groups is 2. The fourth-order valence-corrected chi connectivity index (χ4v) is 3.62. The van der Waals surface area contributed by atoms with Gasteiger partial charge in [-0.2, -0.15) is 0 Å². The molecule has 1 fully saturated rings. The van der Waals surface area contributed by atoms with Gasteiger partial charge < -0.3 is 14.6 Å². The van der Waals surface area contributed by atoms with E-state index in [4.69, 9.17) is 4.42 Å². The van der Waals surface area contributed by atoms with Crippen molar-refractivity contribution in [2.45, 2.75) is 32.2 Å². The molecule has 0 saturated carbocycles. The number of hydrogen-bond donors (Lipinski definition) is 1. The van der Waals surface area contributed by atoms with E-state index in [1.54, 1.807) is 12.1 Å². The number of amides is 2. The minimum atomic E-state index is -0.354. The standard InChI is InChI=1S/C24H24FN3O3/c25-20-6-4-5-18(13-20)14-22(29)26-15-17-7-9-19(10-8-17)23-27-21(16-31-23)24(30)28-11-2-1-3-12-28/h4-10,13,16H,1-3,11-12,14-15H2,(H,26,29). The summed E-state index contributed by atoms with van der Waals surface area (Å²) in [7, 11) is 0. The lowest BCUT2D eigenvalue weighted by molar-refractivity contribution is -0.120. The van der Waals surface area contributed by atoms with Gasteiger partial charge in [-0.1, -0.05) is 24.3 Å². The smallest absolute Gasteiger partial charge is 0.275 e. The highest BCUT2D eigenvalue weighted by Crippen LogP contribution is 2.21. The van der Waals surface area contributed by atoms with Crippen LogP contribution in [0.4, 0.5) is 4.39 Å². The molecule has 1 aromatic heterocycles. The van der Waals surface area contributed by atoms with Crippen molar-refractivity contribution in [1.82, 2.24) is 15.2 Å². The van der Waals surface area contributed by atoms with Crippen LogP contribution in [-0.2, 0) is 17.8 Å². The Morgan fingerprint density at radius 1 is 1.03 bits per heavy atom. The van der Waals surface area contributed by atoms with Gasteiger partial charge in [-0.25, -0.2) is 9.37 Å². The fraction of sp³-hybridized carbons (Fsp3) is 0.292. The van der Waals surface area contributed by atoms with Gasteiger partial charge in [-0.05, 0) is 54.7 Å². The van der Waals surface area contributed by atoms with E-state index in [1.165, 1.54) is 18.4 Å². The van der Waals surface area contributed by atoms with Crippen LogP contribution >= 0.6 is 0 Å². The Morgan fingerprint density at radius 2 is 1.81 bits per heavy atom. The molecule has 31 heavy (non-hydrogen) atoms. The number of aromatic nitrogens is 1. The van der Waals surface area contributed by atoms with E-state index in [1.807, 2.05) is 29.2 Å². The molecule has 0 bridgehead atoms. The predicted octanol–water partition coefficient (Wildman–Crippen LogP) is 3.97. The van der Waals surface area contributed by atoms with Crippen molar-refractivity contribution in [3.05, 3.63) is 77.4 Å². The van der Waals surface area contributed by atoms with Crippen LogP contribution in [0.3, 0.4) is 0 Å². The van der Waals surface area contributed by atoms with E-state index in [2.05, 4.69) is 10.3 Å². The number of hydrogen-bond acceptors (Lipinski definition) is 4. The van der Waals surface area contributed by atoms with Crippen LogP contribution in [0.1, 0.15) is 40.9 Å². The highest BCUT2D eigenvalue weighted by molar-refractivity contribution is 5.92. The van der Waals surface area contributed by atoms with Crippen molar-refractivity contribution >= 4 is 11.8 Å². The third-order valence-corrected chi connectivity index (χ3v) is 5.31. The van der Waals surface area contributed by atoms with Crippen LogP contribution < -0.4 is 5.32 Å². The number of oxazole rings is 1. The second kappa shape index (κ2) is 9.55. The summed E-state index contributed by atoms with van der Waals surface area (Å²) in [5, 5.41) is 2.83. The maximum absolute atomic E-state index is 13.2.